The lowest BCUT2D eigenvalue weighted by Crippen LogP contribution is -2.33. The van der Waals surface area contributed by atoms with Crippen molar-refractivity contribution in [2.75, 3.05) is 11.8 Å². The monoisotopic (exact) mass is 304 g/mol. The van der Waals surface area contributed by atoms with Crippen LogP contribution in [0.1, 0.15) is 6.92 Å². The molecule has 20 heavy (non-hydrogen) atoms. The number of carbonyl (C=O) groups is 1. The van der Waals surface area contributed by atoms with Gasteiger partial charge in [0.2, 0.25) is 10.0 Å². The molecule has 0 amide bonds. The van der Waals surface area contributed by atoms with Crippen LogP contribution in [0.4, 0.5) is 11.4 Å². The lowest BCUT2D eigenvalue weighted by Gasteiger charge is -2.13. The van der Waals surface area contributed by atoms with Gasteiger partial charge in [0, 0.05) is 6.07 Å². The number of nitrogens with zero attached hydrogens (tertiary/aromatic N) is 1. The van der Waals surface area contributed by atoms with E-state index in [4.69, 9.17) is 0 Å². The number of anilines is 1. The topological polar surface area (TPSA) is 136 Å². The predicted molar refractivity (Wildman–Crippen MR) is 68.8 cm³/mol. The molecule has 0 saturated heterocycles. The SMILES string of the molecule is COC(=O)C(C)S(=O)(=O)Nc1c(O)cccc1[N+](=O)[O-]. The van der Waals surface area contributed by atoms with E-state index in [1.165, 1.54) is 6.07 Å². The molecule has 0 fully saturated rings. The van der Waals surface area contributed by atoms with Gasteiger partial charge in [-0.25, -0.2) is 8.42 Å². The first-order valence-electron chi connectivity index (χ1n) is 5.26. The van der Waals surface area contributed by atoms with Crippen LogP contribution in [-0.4, -0.2) is 36.8 Å². The van der Waals surface area contributed by atoms with Crippen molar-refractivity contribution in [1.29, 1.82) is 0 Å². The number of nitro benzene ring substituents is 1. The average Bonchev–Trinajstić information content (AvgIpc) is 2.38. The van der Waals surface area contributed by atoms with Crippen molar-refractivity contribution in [1.82, 2.24) is 0 Å². The Labute approximate surface area is 114 Å². The highest BCUT2D eigenvalue weighted by molar-refractivity contribution is 7.94. The molecule has 1 atom stereocenters. The van der Waals surface area contributed by atoms with Gasteiger partial charge in [0.05, 0.1) is 12.0 Å². The van der Waals surface area contributed by atoms with Gasteiger partial charge in [-0.1, -0.05) is 6.07 Å². The Morgan fingerprint density at radius 1 is 1.50 bits per heavy atom. The predicted octanol–water partition coefficient (Wildman–Crippen LogP) is 0.604. The molecule has 0 heterocycles. The molecule has 1 rings (SSSR count). The fourth-order valence-electron chi connectivity index (χ4n) is 1.31. The van der Waals surface area contributed by atoms with E-state index in [-0.39, 0.29) is 0 Å². The number of hydrogen-bond donors (Lipinski definition) is 2. The lowest BCUT2D eigenvalue weighted by molar-refractivity contribution is -0.383. The van der Waals surface area contributed by atoms with Crippen LogP contribution in [0.3, 0.4) is 0 Å². The first-order valence-corrected chi connectivity index (χ1v) is 6.81. The molecule has 0 aliphatic rings. The maximum Gasteiger partial charge on any atom is 0.325 e. The highest BCUT2D eigenvalue weighted by Gasteiger charge is 2.32. The van der Waals surface area contributed by atoms with Crippen molar-refractivity contribution < 1.29 is 28.0 Å². The van der Waals surface area contributed by atoms with Gasteiger partial charge >= 0.3 is 5.97 Å². The number of phenolic OH excluding ortho intramolecular Hbond substituents is 1. The maximum atomic E-state index is 11.9. The standard InChI is InChI=1S/C10H12N2O7S/c1-6(10(14)19-2)20(17,18)11-9-7(12(15)16)4-3-5-8(9)13/h3-6,11,13H,1-2H3. The Morgan fingerprint density at radius 3 is 2.60 bits per heavy atom. The van der Waals surface area contributed by atoms with Crippen molar-refractivity contribution in [2.24, 2.45) is 0 Å². The molecular formula is C10H12N2O7S. The smallest absolute Gasteiger partial charge is 0.325 e. The summed E-state index contributed by atoms with van der Waals surface area (Å²) in [5.74, 6) is -1.66. The van der Waals surface area contributed by atoms with Crippen molar-refractivity contribution in [3.05, 3.63) is 28.3 Å². The van der Waals surface area contributed by atoms with E-state index in [1.807, 2.05) is 4.72 Å². The Morgan fingerprint density at radius 2 is 2.10 bits per heavy atom. The summed E-state index contributed by atoms with van der Waals surface area (Å²) in [7, 11) is -3.28. The number of rotatable bonds is 5. The summed E-state index contributed by atoms with van der Waals surface area (Å²) in [5, 5.41) is 18.7. The third-order valence-corrected chi connectivity index (χ3v) is 4.07. The van der Waals surface area contributed by atoms with Crippen LogP contribution in [0.25, 0.3) is 0 Å². The normalized spacial score (nSPS) is 12.5. The zero-order chi connectivity index (χ0) is 15.5. The molecular weight excluding hydrogens is 292 g/mol. The summed E-state index contributed by atoms with van der Waals surface area (Å²) in [6.07, 6.45) is 0. The van der Waals surface area contributed by atoms with E-state index in [1.54, 1.807) is 0 Å². The molecule has 0 aromatic heterocycles. The number of esters is 1. The number of aromatic hydroxyl groups is 1. The van der Waals surface area contributed by atoms with Crippen LogP contribution in [0.2, 0.25) is 0 Å². The van der Waals surface area contributed by atoms with Crippen LogP contribution in [0, 0.1) is 10.1 Å². The van der Waals surface area contributed by atoms with Crippen LogP contribution >= 0.6 is 0 Å². The number of para-hydroxylation sites is 1. The first kappa shape index (κ1) is 15.7. The minimum Gasteiger partial charge on any atom is -0.505 e. The summed E-state index contributed by atoms with van der Waals surface area (Å²) in [6, 6.07) is 3.28. The van der Waals surface area contributed by atoms with Gasteiger partial charge in [-0.05, 0) is 13.0 Å². The third-order valence-electron chi connectivity index (χ3n) is 2.46. The summed E-state index contributed by atoms with van der Waals surface area (Å²) in [4.78, 5) is 21.1. The Hall–Kier alpha value is -2.36. The molecule has 1 unspecified atom stereocenters. The largest absolute Gasteiger partial charge is 0.505 e. The number of phenols is 1. The van der Waals surface area contributed by atoms with Crippen molar-refractivity contribution in [3.63, 3.8) is 0 Å². The molecule has 0 bridgehead atoms. The number of carbonyl (C=O) groups excluding carboxylic acids is 1. The minimum absolute atomic E-state index is 0.603. The van der Waals surface area contributed by atoms with Gasteiger partial charge in [-0.3, -0.25) is 19.6 Å². The van der Waals surface area contributed by atoms with E-state index in [0.717, 1.165) is 26.2 Å². The fourth-order valence-corrected chi connectivity index (χ4v) is 2.33. The summed E-state index contributed by atoms with van der Waals surface area (Å²) in [5.41, 5.74) is -1.24. The minimum atomic E-state index is -4.29. The van der Waals surface area contributed by atoms with Gasteiger partial charge in [0.15, 0.2) is 10.9 Å². The number of nitro groups is 1. The highest BCUT2D eigenvalue weighted by atomic mass is 32.2. The van der Waals surface area contributed by atoms with E-state index < -0.39 is 43.3 Å². The Kier molecular flexibility index (Phi) is 4.50. The number of hydrogen-bond acceptors (Lipinski definition) is 7. The second kappa shape index (κ2) is 5.74. The zero-order valence-corrected chi connectivity index (χ0v) is 11.4. The molecule has 0 spiro atoms. The molecule has 110 valence electrons. The van der Waals surface area contributed by atoms with Crippen LogP contribution in [-0.2, 0) is 19.6 Å². The molecule has 9 nitrogen and oxygen atoms in total. The first-order chi connectivity index (χ1) is 9.20. The molecule has 0 aliphatic heterocycles. The van der Waals surface area contributed by atoms with E-state index >= 15 is 0 Å². The van der Waals surface area contributed by atoms with Crippen LogP contribution in [0.15, 0.2) is 18.2 Å². The summed E-state index contributed by atoms with van der Waals surface area (Å²) in [6.45, 7) is 1.06. The molecule has 10 heteroatoms. The van der Waals surface area contributed by atoms with Gasteiger partial charge in [-0.15, -0.1) is 0 Å². The second-order valence-corrected chi connectivity index (χ2v) is 5.74. The number of methoxy groups -OCH3 is 1. The van der Waals surface area contributed by atoms with E-state index in [0.29, 0.717) is 0 Å². The number of nitrogens with one attached hydrogen (secondary N) is 1. The van der Waals surface area contributed by atoms with Crippen molar-refractivity contribution in [3.8, 4) is 5.75 Å². The number of benzene rings is 1. The Balaban J connectivity index is 3.23. The lowest BCUT2D eigenvalue weighted by atomic mass is 10.2. The average molecular weight is 304 g/mol. The third kappa shape index (κ3) is 3.15. The molecule has 0 saturated carbocycles. The fraction of sp³-hybridized carbons (Fsp3) is 0.300. The number of ether oxygens (including phenoxy) is 1. The van der Waals surface area contributed by atoms with E-state index in [2.05, 4.69) is 4.74 Å². The van der Waals surface area contributed by atoms with Crippen molar-refractivity contribution >= 4 is 27.4 Å². The van der Waals surface area contributed by atoms with E-state index in [9.17, 15) is 28.4 Å². The van der Waals surface area contributed by atoms with Crippen LogP contribution in [0.5, 0.6) is 5.75 Å². The molecule has 2 N–H and O–H groups in total. The summed E-state index contributed by atoms with van der Waals surface area (Å²) >= 11 is 0. The quantitative estimate of drug-likeness (QED) is 0.352. The van der Waals surface area contributed by atoms with Crippen LogP contribution < -0.4 is 4.72 Å². The Bertz CT molecular complexity index is 641. The molecule has 1 aromatic rings. The van der Waals surface area contributed by atoms with Gasteiger partial charge in [0.25, 0.3) is 5.69 Å². The molecule has 0 aliphatic carbocycles. The number of sulfonamides is 1. The van der Waals surface area contributed by atoms with Gasteiger partial charge in [0.1, 0.15) is 5.75 Å². The molecule has 0 radical (unpaired) electrons. The van der Waals surface area contributed by atoms with Gasteiger partial charge in [-0.2, -0.15) is 0 Å². The molecule has 1 aromatic carbocycles. The zero-order valence-electron chi connectivity index (χ0n) is 10.6. The maximum absolute atomic E-state index is 11.9. The van der Waals surface area contributed by atoms with Gasteiger partial charge < -0.3 is 9.84 Å². The highest BCUT2D eigenvalue weighted by Crippen LogP contribution is 2.34. The summed E-state index contributed by atoms with van der Waals surface area (Å²) < 4.78 is 29.9. The second-order valence-electron chi connectivity index (χ2n) is 3.74. The van der Waals surface area contributed by atoms with Crippen molar-refractivity contribution in [2.45, 2.75) is 12.2 Å².